The summed E-state index contributed by atoms with van der Waals surface area (Å²) in [7, 11) is 0. The number of aryl methyl sites for hydroxylation is 2. The number of nitrogens with one attached hydrogen (secondary N) is 2. The number of hydrogen-bond donors (Lipinski definition) is 2. The van der Waals surface area contributed by atoms with E-state index < -0.39 is 12.7 Å². The molecule has 2 heterocycles. The van der Waals surface area contributed by atoms with Gasteiger partial charge in [0.05, 0.1) is 17.2 Å². The summed E-state index contributed by atoms with van der Waals surface area (Å²) in [6.45, 7) is 7.46. The third-order valence-electron chi connectivity index (χ3n) is 4.23. The molecule has 0 aliphatic carbocycles. The van der Waals surface area contributed by atoms with Crippen LogP contribution in [0.2, 0.25) is 0 Å². The molecule has 148 valence electrons. The maximum Gasteiger partial charge on any atom is 0.401 e. The van der Waals surface area contributed by atoms with Crippen LogP contribution in [-0.2, 0) is 12.8 Å². The largest absolute Gasteiger partial charge is 0.401 e. The van der Waals surface area contributed by atoms with Crippen LogP contribution in [0.4, 0.5) is 13.2 Å². The maximum absolute atomic E-state index is 12.5. The fourth-order valence-electron chi connectivity index (χ4n) is 3.05. The molecule has 0 saturated carbocycles. The van der Waals surface area contributed by atoms with Crippen LogP contribution in [0.5, 0.6) is 0 Å². The molecule has 5 nitrogen and oxygen atoms in total. The number of aromatic nitrogens is 1. The Morgan fingerprint density at radius 1 is 1.38 bits per heavy atom. The number of aliphatic imine (C=N–C) groups is 1. The summed E-state index contributed by atoms with van der Waals surface area (Å²) in [5, 5.41) is 7.51. The van der Waals surface area contributed by atoms with Gasteiger partial charge in [-0.25, -0.2) is 4.98 Å². The second-order valence-corrected chi connectivity index (χ2v) is 7.74. The van der Waals surface area contributed by atoms with Gasteiger partial charge in [-0.2, -0.15) is 13.2 Å². The third kappa shape index (κ3) is 6.75. The molecule has 1 aromatic heterocycles. The molecule has 1 saturated heterocycles. The van der Waals surface area contributed by atoms with Gasteiger partial charge in [-0.3, -0.25) is 9.89 Å². The Balaban J connectivity index is 1.84. The van der Waals surface area contributed by atoms with Crippen LogP contribution in [0.3, 0.4) is 0 Å². The molecule has 1 aromatic rings. The molecule has 1 aliphatic heterocycles. The first-order valence-electron chi connectivity index (χ1n) is 9.09. The van der Waals surface area contributed by atoms with Gasteiger partial charge in [-0.05, 0) is 26.7 Å². The molecule has 0 aromatic carbocycles. The number of thiazole rings is 1. The van der Waals surface area contributed by atoms with Crippen molar-refractivity contribution in [2.75, 3.05) is 32.7 Å². The SMILES string of the molecule is CCNC(=NCCc1nc(CC)c(C)s1)NC1CCN(CC(F)(F)F)C1. The molecule has 26 heavy (non-hydrogen) atoms. The van der Waals surface area contributed by atoms with Gasteiger partial charge < -0.3 is 10.6 Å². The Bertz CT molecular complexity index is 600. The van der Waals surface area contributed by atoms with Crippen molar-refractivity contribution in [2.24, 2.45) is 4.99 Å². The Morgan fingerprint density at radius 3 is 2.77 bits per heavy atom. The van der Waals surface area contributed by atoms with Crippen molar-refractivity contribution in [1.29, 1.82) is 0 Å². The number of likely N-dealkylation sites (tertiary alicyclic amines) is 1. The summed E-state index contributed by atoms with van der Waals surface area (Å²) < 4.78 is 37.5. The van der Waals surface area contributed by atoms with E-state index in [1.807, 2.05) is 6.92 Å². The molecule has 0 spiro atoms. The lowest BCUT2D eigenvalue weighted by Crippen LogP contribution is -2.45. The predicted molar refractivity (Wildman–Crippen MR) is 99.9 cm³/mol. The van der Waals surface area contributed by atoms with Crippen LogP contribution in [0.25, 0.3) is 0 Å². The fourth-order valence-corrected chi connectivity index (χ4v) is 4.06. The molecule has 0 amide bonds. The van der Waals surface area contributed by atoms with Gasteiger partial charge in [-0.15, -0.1) is 11.3 Å². The molecule has 9 heteroatoms. The van der Waals surface area contributed by atoms with Gasteiger partial charge in [0, 0.05) is 43.5 Å². The maximum atomic E-state index is 12.5. The molecule has 2 rings (SSSR count). The van der Waals surface area contributed by atoms with Crippen molar-refractivity contribution in [2.45, 2.75) is 52.3 Å². The average Bonchev–Trinajstić information content (AvgIpc) is 3.12. The van der Waals surface area contributed by atoms with Crippen molar-refractivity contribution in [1.82, 2.24) is 20.5 Å². The van der Waals surface area contributed by atoms with E-state index in [-0.39, 0.29) is 6.04 Å². The monoisotopic (exact) mass is 391 g/mol. The Morgan fingerprint density at radius 2 is 2.15 bits per heavy atom. The molecule has 1 fully saturated rings. The van der Waals surface area contributed by atoms with Crippen molar-refractivity contribution in [3.63, 3.8) is 0 Å². The molecule has 1 aliphatic rings. The summed E-state index contributed by atoms with van der Waals surface area (Å²) in [6.07, 6.45) is -1.75. The van der Waals surface area contributed by atoms with E-state index in [1.54, 1.807) is 11.3 Å². The number of nitrogens with zero attached hydrogens (tertiary/aromatic N) is 3. The highest BCUT2D eigenvalue weighted by Crippen LogP contribution is 2.20. The number of rotatable bonds is 7. The van der Waals surface area contributed by atoms with Crippen molar-refractivity contribution < 1.29 is 13.2 Å². The summed E-state index contributed by atoms with van der Waals surface area (Å²) in [6, 6.07) is -0.0102. The predicted octanol–water partition coefficient (Wildman–Crippen LogP) is 2.75. The first-order valence-corrected chi connectivity index (χ1v) is 9.91. The normalized spacial score (nSPS) is 19.2. The number of halogens is 3. The zero-order chi connectivity index (χ0) is 19.2. The highest BCUT2D eigenvalue weighted by molar-refractivity contribution is 7.11. The summed E-state index contributed by atoms with van der Waals surface area (Å²) >= 11 is 1.71. The quantitative estimate of drug-likeness (QED) is 0.554. The third-order valence-corrected chi connectivity index (χ3v) is 5.30. The average molecular weight is 392 g/mol. The van der Waals surface area contributed by atoms with E-state index in [1.165, 1.54) is 9.78 Å². The number of hydrogen-bond acceptors (Lipinski definition) is 4. The minimum absolute atomic E-state index is 0.0102. The first kappa shape index (κ1) is 21.0. The van der Waals surface area contributed by atoms with Gasteiger partial charge in [-0.1, -0.05) is 6.92 Å². The number of alkyl halides is 3. The standard InChI is InChI=1S/C17H28F3N5S/c1-4-14-12(3)26-15(24-14)6-8-22-16(21-5-2)23-13-7-9-25(10-13)11-17(18,19)20/h13H,4-11H2,1-3H3,(H2,21,22,23). The Labute approximate surface area is 157 Å². The fraction of sp³-hybridized carbons (Fsp3) is 0.765. The summed E-state index contributed by atoms with van der Waals surface area (Å²) in [5.41, 5.74) is 1.15. The van der Waals surface area contributed by atoms with Gasteiger partial charge >= 0.3 is 6.18 Å². The lowest BCUT2D eigenvalue weighted by molar-refractivity contribution is -0.143. The highest BCUT2D eigenvalue weighted by atomic mass is 32.1. The minimum Gasteiger partial charge on any atom is -0.357 e. The van der Waals surface area contributed by atoms with Gasteiger partial charge in [0.25, 0.3) is 0 Å². The van der Waals surface area contributed by atoms with E-state index in [2.05, 4.69) is 34.5 Å². The highest BCUT2D eigenvalue weighted by Gasteiger charge is 2.34. The van der Waals surface area contributed by atoms with Crippen LogP contribution >= 0.6 is 11.3 Å². The van der Waals surface area contributed by atoms with Crippen LogP contribution in [0.1, 0.15) is 35.8 Å². The zero-order valence-electron chi connectivity index (χ0n) is 15.6. The van der Waals surface area contributed by atoms with Gasteiger partial charge in [0.1, 0.15) is 0 Å². The molecule has 0 bridgehead atoms. The molecule has 2 N–H and O–H groups in total. The van der Waals surface area contributed by atoms with Gasteiger partial charge in [0.15, 0.2) is 5.96 Å². The van der Waals surface area contributed by atoms with Crippen molar-refractivity contribution in [3.05, 3.63) is 15.6 Å². The summed E-state index contributed by atoms with van der Waals surface area (Å²) in [5.74, 6) is 0.662. The van der Waals surface area contributed by atoms with Crippen LogP contribution in [0.15, 0.2) is 4.99 Å². The second-order valence-electron chi connectivity index (χ2n) is 6.45. The van der Waals surface area contributed by atoms with Crippen molar-refractivity contribution in [3.8, 4) is 0 Å². The Kier molecular flexibility index (Phi) is 7.69. The number of guanidine groups is 1. The Hall–Kier alpha value is -1.35. The van der Waals surface area contributed by atoms with Crippen LogP contribution < -0.4 is 10.6 Å². The first-order chi connectivity index (χ1) is 12.3. The molecule has 0 radical (unpaired) electrons. The lowest BCUT2D eigenvalue weighted by Gasteiger charge is -2.19. The topological polar surface area (TPSA) is 52.6 Å². The lowest BCUT2D eigenvalue weighted by atomic mass is 10.3. The van der Waals surface area contributed by atoms with E-state index in [9.17, 15) is 13.2 Å². The van der Waals surface area contributed by atoms with Gasteiger partial charge in [0.2, 0.25) is 0 Å². The minimum atomic E-state index is -4.14. The molecule has 1 atom stereocenters. The zero-order valence-corrected chi connectivity index (χ0v) is 16.4. The van der Waals surface area contributed by atoms with E-state index >= 15 is 0 Å². The smallest absolute Gasteiger partial charge is 0.357 e. The van der Waals surface area contributed by atoms with E-state index in [0.29, 0.717) is 38.6 Å². The van der Waals surface area contributed by atoms with Crippen molar-refractivity contribution >= 4 is 17.3 Å². The molecular weight excluding hydrogens is 363 g/mol. The van der Waals surface area contributed by atoms with E-state index in [0.717, 1.165) is 23.5 Å². The molecular formula is C17H28F3N5S. The summed E-state index contributed by atoms with van der Waals surface area (Å²) in [4.78, 5) is 11.9. The second kappa shape index (κ2) is 9.55. The van der Waals surface area contributed by atoms with Crippen LogP contribution in [0, 0.1) is 6.92 Å². The van der Waals surface area contributed by atoms with Crippen LogP contribution in [-0.4, -0.2) is 60.8 Å². The van der Waals surface area contributed by atoms with E-state index in [4.69, 9.17) is 0 Å². The molecule has 1 unspecified atom stereocenters.